The van der Waals surface area contributed by atoms with Crippen molar-refractivity contribution in [2.45, 2.75) is 32.7 Å². The molecule has 0 saturated carbocycles. The van der Waals surface area contributed by atoms with Gasteiger partial charge in [0.25, 0.3) is 0 Å². The number of halogens is 1. The Bertz CT molecular complexity index is 448. The van der Waals surface area contributed by atoms with Gasteiger partial charge in [0.05, 0.1) is 11.0 Å². The number of hydrogen-bond donors (Lipinski definition) is 0. The number of aromatic nitrogens is 2. The van der Waals surface area contributed by atoms with E-state index in [1.165, 1.54) is 12.8 Å². The zero-order valence-electron chi connectivity index (χ0n) is 8.91. The summed E-state index contributed by atoms with van der Waals surface area (Å²) in [6.45, 7) is 3.17. The predicted molar refractivity (Wildman–Crippen MR) is 64.3 cm³/mol. The molecule has 0 N–H and O–H groups in total. The van der Waals surface area contributed by atoms with Gasteiger partial charge in [-0.1, -0.05) is 31.9 Å². The standard InChI is InChI=1S/C12H15ClN2/c1-2-3-6-9-15-11-8-5-4-7-10(11)14-12(15)13/h4-5,7-8H,2-3,6,9H2,1H3. The molecule has 2 rings (SSSR count). The van der Waals surface area contributed by atoms with Crippen molar-refractivity contribution >= 4 is 22.6 Å². The lowest BCUT2D eigenvalue weighted by Crippen LogP contribution is -1.97. The number of hydrogen-bond acceptors (Lipinski definition) is 1. The summed E-state index contributed by atoms with van der Waals surface area (Å²) in [4.78, 5) is 4.32. The summed E-state index contributed by atoms with van der Waals surface area (Å²) in [7, 11) is 0. The maximum absolute atomic E-state index is 6.10. The highest BCUT2D eigenvalue weighted by molar-refractivity contribution is 6.29. The van der Waals surface area contributed by atoms with Crippen LogP contribution in [0.3, 0.4) is 0 Å². The van der Waals surface area contributed by atoms with Crippen LogP contribution >= 0.6 is 11.6 Å². The molecule has 0 aliphatic heterocycles. The minimum Gasteiger partial charge on any atom is -0.315 e. The van der Waals surface area contributed by atoms with Crippen molar-refractivity contribution in [2.24, 2.45) is 0 Å². The number of unbranched alkanes of at least 4 members (excludes halogenated alkanes) is 2. The van der Waals surface area contributed by atoms with E-state index in [1.54, 1.807) is 0 Å². The Morgan fingerprint density at radius 1 is 1.27 bits per heavy atom. The van der Waals surface area contributed by atoms with Crippen LogP contribution in [0.25, 0.3) is 11.0 Å². The Hall–Kier alpha value is -1.02. The van der Waals surface area contributed by atoms with E-state index >= 15 is 0 Å². The topological polar surface area (TPSA) is 17.8 Å². The molecular formula is C12H15ClN2. The van der Waals surface area contributed by atoms with Crippen molar-refractivity contribution in [3.63, 3.8) is 0 Å². The van der Waals surface area contributed by atoms with Crippen molar-refractivity contribution in [1.82, 2.24) is 9.55 Å². The van der Waals surface area contributed by atoms with E-state index in [9.17, 15) is 0 Å². The van der Waals surface area contributed by atoms with E-state index in [1.807, 2.05) is 18.2 Å². The van der Waals surface area contributed by atoms with Gasteiger partial charge < -0.3 is 4.57 Å². The van der Waals surface area contributed by atoms with Crippen LogP contribution in [-0.2, 0) is 6.54 Å². The first-order valence-corrected chi connectivity index (χ1v) is 5.81. The lowest BCUT2D eigenvalue weighted by Gasteiger charge is -2.04. The van der Waals surface area contributed by atoms with Crippen LogP contribution in [0.5, 0.6) is 0 Å². The monoisotopic (exact) mass is 222 g/mol. The van der Waals surface area contributed by atoms with Crippen molar-refractivity contribution in [1.29, 1.82) is 0 Å². The second-order valence-corrected chi connectivity index (χ2v) is 4.07. The lowest BCUT2D eigenvalue weighted by atomic mass is 10.2. The summed E-state index contributed by atoms with van der Waals surface area (Å²) in [6, 6.07) is 8.08. The quantitative estimate of drug-likeness (QED) is 0.718. The Morgan fingerprint density at radius 2 is 2.07 bits per heavy atom. The number of benzene rings is 1. The molecule has 0 aliphatic rings. The summed E-state index contributed by atoms with van der Waals surface area (Å²) in [5.74, 6) is 0. The number of imidazole rings is 1. The van der Waals surface area contributed by atoms with Crippen LogP contribution in [0.2, 0.25) is 5.28 Å². The molecule has 2 nitrogen and oxygen atoms in total. The van der Waals surface area contributed by atoms with Crippen LogP contribution in [0.15, 0.2) is 24.3 Å². The summed E-state index contributed by atoms with van der Waals surface area (Å²) in [5.41, 5.74) is 2.12. The Labute approximate surface area is 94.9 Å². The summed E-state index contributed by atoms with van der Waals surface area (Å²) >= 11 is 6.10. The molecule has 2 aromatic rings. The van der Waals surface area contributed by atoms with Gasteiger partial charge in [0.15, 0.2) is 0 Å². The third-order valence-corrected chi connectivity index (χ3v) is 2.88. The predicted octanol–water partition coefficient (Wildman–Crippen LogP) is 3.88. The molecular weight excluding hydrogens is 208 g/mol. The smallest absolute Gasteiger partial charge is 0.203 e. The van der Waals surface area contributed by atoms with E-state index < -0.39 is 0 Å². The Balaban J connectivity index is 2.28. The summed E-state index contributed by atoms with van der Waals surface area (Å²) < 4.78 is 2.09. The molecule has 0 amide bonds. The molecule has 0 saturated heterocycles. The molecule has 0 fully saturated rings. The highest BCUT2D eigenvalue weighted by Gasteiger charge is 2.06. The summed E-state index contributed by atoms with van der Waals surface area (Å²) in [6.07, 6.45) is 3.63. The molecule has 0 spiro atoms. The zero-order valence-corrected chi connectivity index (χ0v) is 9.67. The highest BCUT2D eigenvalue weighted by atomic mass is 35.5. The normalized spacial score (nSPS) is 11.1. The lowest BCUT2D eigenvalue weighted by molar-refractivity contribution is 0.614. The maximum Gasteiger partial charge on any atom is 0.203 e. The van der Waals surface area contributed by atoms with Gasteiger partial charge in [-0.15, -0.1) is 0 Å². The zero-order chi connectivity index (χ0) is 10.7. The fraction of sp³-hybridized carbons (Fsp3) is 0.417. The number of fused-ring (bicyclic) bond motifs is 1. The first-order valence-electron chi connectivity index (χ1n) is 5.43. The number of para-hydroxylation sites is 2. The SMILES string of the molecule is CCCCCn1c(Cl)nc2ccccc21. The Kier molecular flexibility index (Phi) is 3.27. The van der Waals surface area contributed by atoms with Gasteiger partial charge in [-0.2, -0.15) is 0 Å². The minimum absolute atomic E-state index is 0.604. The fourth-order valence-corrected chi connectivity index (χ4v) is 2.05. The molecule has 0 atom stereocenters. The third kappa shape index (κ3) is 2.15. The average molecular weight is 223 g/mol. The first kappa shape index (κ1) is 10.5. The van der Waals surface area contributed by atoms with Crippen LogP contribution in [0, 0.1) is 0 Å². The Morgan fingerprint density at radius 3 is 2.87 bits per heavy atom. The number of aryl methyl sites for hydroxylation is 1. The minimum atomic E-state index is 0.604. The van der Waals surface area contributed by atoms with Crippen molar-refractivity contribution in [2.75, 3.05) is 0 Å². The van der Waals surface area contributed by atoms with Crippen molar-refractivity contribution in [3.8, 4) is 0 Å². The van der Waals surface area contributed by atoms with E-state index in [2.05, 4.69) is 22.5 Å². The van der Waals surface area contributed by atoms with Crippen LogP contribution in [-0.4, -0.2) is 9.55 Å². The van der Waals surface area contributed by atoms with Crippen LogP contribution < -0.4 is 0 Å². The largest absolute Gasteiger partial charge is 0.315 e. The molecule has 1 heterocycles. The van der Waals surface area contributed by atoms with Gasteiger partial charge in [0.2, 0.25) is 5.28 Å². The van der Waals surface area contributed by atoms with E-state index in [0.717, 1.165) is 24.0 Å². The van der Waals surface area contributed by atoms with Gasteiger partial charge in [-0.05, 0) is 30.2 Å². The van der Waals surface area contributed by atoms with Crippen molar-refractivity contribution < 1.29 is 0 Å². The molecule has 0 bridgehead atoms. The second kappa shape index (κ2) is 4.67. The number of rotatable bonds is 4. The van der Waals surface area contributed by atoms with Gasteiger partial charge in [-0.3, -0.25) is 0 Å². The molecule has 15 heavy (non-hydrogen) atoms. The fourth-order valence-electron chi connectivity index (χ4n) is 1.78. The molecule has 0 aliphatic carbocycles. The molecule has 0 unspecified atom stereocenters. The van der Waals surface area contributed by atoms with E-state index in [0.29, 0.717) is 5.28 Å². The number of nitrogens with zero attached hydrogens (tertiary/aromatic N) is 2. The maximum atomic E-state index is 6.10. The van der Waals surface area contributed by atoms with E-state index in [4.69, 9.17) is 11.6 Å². The van der Waals surface area contributed by atoms with Crippen LogP contribution in [0.1, 0.15) is 26.2 Å². The third-order valence-electron chi connectivity index (χ3n) is 2.59. The van der Waals surface area contributed by atoms with Crippen LogP contribution in [0.4, 0.5) is 0 Å². The van der Waals surface area contributed by atoms with Gasteiger partial charge in [0, 0.05) is 6.54 Å². The molecule has 3 heteroatoms. The molecule has 0 radical (unpaired) electrons. The first-order chi connectivity index (χ1) is 7.33. The highest BCUT2D eigenvalue weighted by Crippen LogP contribution is 2.20. The molecule has 1 aromatic heterocycles. The average Bonchev–Trinajstić information content (AvgIpc) is 2.56. The van der Waals surface area contributed by atoms with Gasteiger partial charge in [-0.25, -0.2) is 4.98 Å². The summed E-state index contributed by atoms with van der Waals surface area (Å²) in [5, 5.41) is 0.604. The van der Waals surface area contributed by atoms with Gasteiger partial charge >= 0.3 is 0 Å². The molecule has 1 aromatic carbocycles. The van der Waals surface area contributed by atoms with Crippen molar-refractivity contribution in [3.05, 3.63) is 29.5 Å². The second-order valence-electron chi connectivity index (χ2n) is 3.73. The van der Waals surface area contributed by atoms with Gasteiger partial charge in [0.1, 0.15) is 0 Å². The van der Waals surface area contributed by atoms with E-state index in [-0.39, 0.29) is 0 Å². The molecule has 80 valence electrons.